The van der Waals surface area contributed by atoms with E-state index in [0.717, 1.165) is 103 Å². The van der Waals surface area contributed by atoms with Crippen LogP contribution in [0.1, 0.15) is 451 Å². The van der Waals surface area contributed by atoms with Crippen LogP contribution in [-0.2, 0) is 65.4 Å². The molecule has 0 radical (unpaired) electrons. The SMILES string of the molecule is CCCCCCCCCCCCCCCCCCCCCC(=O)O[C@H](COC(=O)CCCCCCCCCCCCCCCCCCCC)COP(=O)(O)OC[C@@H](O)COP(=O)(O)OC[C@@H](COC(=O)CCCCCCCCC)OC(=O)CCCCCCCCCCCCCCCCCCCC. The topological polar surface area (TPSA) is 237 Å². The summed E-state index contributed by atoms with van der Waals surface area (Å²) < 4.78 is 68.7. The fourth-order valence-corrected chi connectivity index (χ4v) is 14.6. The third-order valence-electron chi connectivity index (χ3n) is 19.6. The zero-order valence-electron chi connectivity index (χ0n) is 66.6. The van der Waals surface area contributed by atoms with Crippen LogP contribution >= 0.6 is 15.6 Å². The number of aliphatic hydroxyl groups is 1. The second-order valence-electron chi connectivity index (χ2n) is 29.9. The van der Waals surface area contributed by atoms with Crippen LogP contribution in [0.25, 0.3) is 0 Å². The Hall–Kier alpha value is -1.94. The van der Waals surface area contributed by atoms with Gasteiger partial charge in [0.2, 0.25) is 0 Å². The van der Waals surface area contributed by atoms with Gasteiger partial charge in [-0.2, -0.15) is 0 Å². The molecule has 17 nitrogen and oxygen atoms in total. The molecule has 19 heteroatoms. The Morgan fingerprint density at radius 3 is 0.578 bits per heavy atom. The molecule has 102 heavy (non-hydrogen) atoms. The second kappa shape index (κ2) is 77.2. The highest BCUT2D eigenvalue weighted by molar-refractivity contribution is 7.47. The quantitative estimate of drug-likeness (QED) is 0.0222. The molecule has 0 spiro atoms. The highest BCUT2D eigenvalue weighted by Gasteiger charge is 2.30. The second-order valence-corrected chi connectivity index (χ2v) is 32.8. The molecule has 0 saturated heterocycles. The summed E-state index contributed by atoms with van der Waals surface area (Å²) in [6, 6.07) is 0. The highest BCUT2D eigenvalue weighted by atomic mass is 31.2. The van der Waals surface area contributed by atoms with E-state index in [1.807, 2.05) is 0 Å². The molecule has 0 aliphatic carbocycles. The zero-order valence-corrected chi connectivity index (χ0v) is 68.4. The molecular formula is C83H162O17P2. The van der Waals surface area contributed by atoms with Crippen molar-refractivity contribution >= 4 is 39.5 Å². The lowest BCUT2D eigenvalue weighted by Gasteiger charge is -2.21. The Morgan fingerprint density at radius 1 is 0.235 bits per heavy atom. The lowest BCUT2D eigenvalue weighted by Crippen LogP contribution is -2.30. The van der Waals surface area contributed by atoms with Crippen LogP contribution in [0, 0.1) is 0 Å². The van der Waals surface area contributed by atoms with Gasteiger partial charge in [0.15, 0.2) is 12.2 Å². The first-order valence-corrected chi connectivity index (χ1v) is 46.3. The Kier molecular flexibility index (Phi) is 75.8. The summed E-state index contributed by atoms with van der Waals surface area (Å²) in [5.74, 6) is -2.11. The van der Waals surface area contributed by atoms with Gasteiger partial charge in [-0.3, -0.25) is 37.3 Å². The summed E-state index contributed by atoms with van der Waals surface area (Å²) in [5.41, 5.74) is 0. The predicted molar refractivity (Wildman–Crippen MR) is 419 cm³/mol. The number of hydrogen-bond donors (Lipinski definition) is 3. The average Bonchev–Trinajstić information content (AvgIpc) is 0.915. The van der Waals surface area contributed by atoms with E-state index in [1.165, 1.54) is 270 Å². The molecule has 0 heterocycles. The number of hydrogen-bond acceptors (Lipinski definition) is 15. The maximum absolute atomic E-state index is 13.1. The number of unbranched alkanes of at least 4 members (excludes halogenated alkanes) is 58. The van der Waals surface area contributed by atoms with Gasteiger partial charge in [-0.25, -0.2) is 9.13 Å². The first-order chi connectivity index (χ1) is 49.7. The van der Waals surface area contributed by atoms with Gasteiger partial charge in [0.05, 0.1) is 26.4 Å². The number of rotatable bonds is 84. The summed E-state index contributed by atoms with van der Waals surface area (Å²) in [4.78, 5) is 73.0. The van der Waals surface area contributed by atoms with Crippen molar-refractivity contribution in [2.45, 2.75) is 470 Å². The fourth-order valence-electron chi connectivity index (χ4n) is 13.0. The minimum Gasteiger partial charge on any atom is -0.462 e. The van der Waals surface area contributed by atoms with E-state index >= 15 is 0 Å². The highest BCUT2D eigenvalue weighted by Crippen LogP contribution is 2.45. The fraction of sp³-hybridized carbons (Fsp3) is 0.952. The third-order valence-corrected chi connectivity index (χ3v) is 21.5. The molecule has 0 aromatic heterocycles. The molecule has 3 N–H and O–H groups in total. The first-order valence-electron chi connectivity index (χ1n) is 43.3. The largest absolute Gasteiger partial charge is 0.472 e. The normalized spacial score (nSPS) is 13.8. The molecule has 0 saturated carbocycles. The van der Waals surface area contributed by atoms with E-state index in [9.17, 15) is 43.2 Å². The van der Waals surface area contributed by atoms with Crippen molar-refractivity contribution in [2.24, 2.45) is 0 Å². The van der Waals surface area contributed by atoms with Crippen molar-refractivity contribution < 1.29 is 80.2 Å². The summed E-state index contributed by atoms with van der Waals surface area (Å²) in [6.07, 6.45) is 71.0. The third kappa shape index (κ3) is 76.3. The average molecular weight is 1490 g/mol. The van der Waals surface area contributed by atoms with Crippen LogP contribution < -0.4 is 0 Å². The van der Waals surface area contributed by atoms with Gasteiger partial charge < -0.3 is 33.8 Å². The standard InChI is InChI=1S/C83H162O17P2/c1-5-9-13-17-21-24-27-30-33-36-39-42-45-48-51-54-58-62-66-70-83(88)100-79(74-94-81(86)68-64-60-56-52-49-46-43-40-37-34-31-28-25-22-18-14-10-6-2)76-98-102(91,92)96-72-77(84)71-95-101(89,90)97-75-78(73-93-80(85)67-63-59-55-20-16-12-8-4)99-82(87)69-65-61-57-53-50-47-44-41-38-35-32-29-26-23-19-15-11-7-3/h77-79,84H,5-76H2,1-4H3,(H,89,90)(H,91,92)/t77-,78+,79+/m0/s1. The Morgan fingerprint density at radius 2 is 0.392 bits per heavy atom. The lowest BCUT2D eigenvalue weighted by molar-refractivity contribution is -0.161. The number of phosphoric acid groups is 2. The van der Waals surface area contributed by atoms with Crippen LogP contribution in [-0.4, -0.2) is 96.7 Å². The van der Waals surface area contributed by atoms with Crippen LogP contribution in [0.3, 0.4) is 0 Å². The Labute approximate surface area is 626 Å². The van der Waals surface area contributed by atoms with Crippen molar-refractivity contribution in [3.05, 3.63) is 0 Å². The minimum absolute atomic E-state index is 0.109. The summed E-state index contributed by atoms with van der Waals surface area (Å²) >= 11 is 0. The number of ether oxygens (including phenoxy) is 4. The van der Waals surface area contributed by atoms with Gasteiger partial charge >= 0.3 is 39.5 Å². The maximum Gasteiger partial charge on any atom is 0.472 e. The summed E-state index contributed by atoms with van der Waals surface area (Å²) in [6.45, 7) is 5.00. The van der Waals surface area contributed by atoms with Crippen molar-refractivity contribution in [3.63, 3.8) is 0 Å². The number of esters is 4. The van der Waals surface area contributed by atoms with E-state index in [-0.39, 0.29) is 25.7 Å². The van der Waals surface area contributed by atoms with Gasteiger partial charge in [0, 0.05) is 25.7 Å². The monoisotopic (exact) mass is 1490 g/mol. The van der Waals surface area contributed by atoms with Crippen molar-refractivity contribution in [2.75, 3.05) is 39.6 Å². The molecule has 0 aliphatic heterocycles. The van der Waals surface area contributed by atoms with E-state index in [1.54, 1.807) is 0 Å². The Bertz CT molecular complexity index is 1930. The van der Waals surface area contributed by atoms with Gasteiger partial charge in [-0.15, -0.1) is 0 Å². The van der Waals surface area contributed by atoms with Crippen molar-refractivity contribution in [1.29, 1.82) is 0 Å². The lowest BCUT2D eigenvalue weighted by atomic mass is 10.0. The van der Waals surface area contributed by atoms with Crippen LogP contribution in [0.5, 0.6) is 0 Å². The van der Waals surface area contributed by atoms with Gasteiger partial charge in [-0.05, 0) is 25.7 Å². The molecule has 0 rings (SSSR count). The number of carbonyl (C=O) groups excluding carboxylic acids is 4. The molecule has 2 unspecified atom stereocenters. The van der Waals surface area contributed by atoms with Crippen LogP contribution in [0.4, 0.5) is 0 Å². The molecule has 0 fully saturated rings. The smallest absolute Gasteiger partial charge is 0.462 e. The van der Waals surface area contributed by atoms with E-state index in [0.29, 0.717) is 25.7 Å². The zero-order chi connectivity index (χ0) is 74.6. The molecule has 0 aromatic rings. The molecule has 0 bridgehead atoms. The van der Waals surface area contributed by atoms with Gasteiger partial charge in [0.1, 0.15) is 19.3 Å². The Balaban J connectivity index is 5.16. The summed E-state index contributed by atoms with van der Waals surface area (Å²) in [7, 11) is -9.92. The van der Waals surface area contributed by atoms with Crippen molar-refractivity contribution in [3.8, 4) is 0 Å². The summed E-state index contributed by atoms with van der Waals surface area (Å²) in [5, 5.41) is 10.6. The molecule has 606 valence electrons. The van der Waals surface area contributed by atoms with E-state index in [4.69, 9.17) is 37.0 Å². The molecule has 0 aromatic carbocycles. The number of phosphoric ester groups is 2. The van der Waals surface area contributed by atoms with Gasteiger partial charge in [0.25, 0.3) is 0 Å². The number of aliphatic hydroxyl groups excluding tert-OH is 1. The van der Waals surface area contributed by atoms with Crippen LogP contribution in [0.2, 0.25) is 0 Å². The maximum atomic E-state index is 13.1. The molecule has 0 aliphatic rings. The molecule has 5 atom stereocenters. The predicted octanol–water partition coefficient (Wildman–Crippen LogP) is 25.4. The van der Waals surface area contributed by atoms with Crippen molar-refractivity contribution in [1.82, 2.24) is 0 Å². The van der Waals surface area contributed by atoms with Crippen LogP contribution in [0.15, 0.2) is 0 Å². The van der Waals surface area contributed by atoms with E-state index < -0.39 is 97.5 Å². The number of carbonyl (C=O) groups is 4. The molecular weight excluding hydrogens is 1330 g/mol. The minimum atomic E-state index is -4.96. The first kappa shape index (κ1) is 100. The van der Waals surface area contributed by atoms with E-state index in [2.05, 4.69) is 27.7 Å². The van der Waals surface area contributed by atoms with Gasteiger partial charge in [-0.1, -0.05) is 400 Å². The molecule has 0 amide bonds.